The van der Waals surface area contributed by atoms with Crippen molar-refractivity contribution in [3.05, 3.63) is 59.7 Å². The molecular weight excluding hydrogens is 344 g/mol. The first kappa shape index (κ1) is 17.6. The summed E-state index contributed by atoms with van der Waals surface area (Å²) in [5.41, 5.74) is 1.87. The van der Waals surface area contributed by atoms with Crippen molar-refractivity contribution in [2.75, 3.05) is 39.4 Å². The van der Waals surface area contributed by atoms with Crippen LogP contribution in [0, 0.1) is 0 Å². The Kier molecular flexibility index (Phi) is 5.11. The van der Waals surface area contributed by atoms with E-state index in [1.165, 1.54) is 0 Å². The molecular formula is C20H22N4O3. The SMILES string of the molecule is O=C(c1ccccn1)N1CC[C@@H](c2ncccc2C(=O)N2CCOCC2)C1. The van der Waals surface area contributed by atoms with Gasteiger partial charge in [0.2, 0.25) is 0 Å². The van der Waals surface area contributed by atoms with E-state index in [1.807, 2.05) is 17.0 Å². The van der Waals surface area contributed by atoms with Crippen molar-refractivity contribution in [1.29, 1.82) is 0 Å². The molecule has 7 nitrogen and oxygen atoms in total. The molecule has 7 heteroatoms. The first-order valence-corrected chi connectivity index (χ1v) is 9.26. The second-order valence-corrected chi connectivity index (χ2v) is 6.79. The molecule has 27 heavy (non-hydrogen) atoms. The van der Waals surface area contributed by atoms with Crippen molar-refractivity contribution in [3.63, 3.8) is 0 Å². The second-order valence-electron chi connectivity index (χ2n) is 6.79. The summed E-state index contributed by atoms with van der Waals surface area (Å²) in [7, 11) is 0. The van der Waals surface area contributed by atoms with Crippen molar-refractivity contribution in [2.24, 2.45) is 0 Å². The maximum Gasteiger partial charge on any atom is 0.272 e. The number of nitrogens with zero attached hydrogens (tertiary/aromatic N) is 4. The van der Waals surface area contributed by atoms with Gasteiger partial charge < -0.3 is 14.5 Å². The lowest BCUT2D eigenvalue weighted by Gasteiger charge is -2.28. The number of ether oxygens (including phenoxy) is 1. The summed E-state index contributed by atoms with van der Waals surface area (Å²) >= 11 is 0. The fourth-order valence-electron chi connectivity index (χ4n) is 3.68. The van der Waals surface area contributed by atoms with E-state index in [1.54, 1.807) is 35.5 Å². The predicted octanol–water partition coefficient (Wildman–Crippen LogP) is 1.58. The Morgan fingerprint density at radius 1 is 0.926 bits per heavy atom. The first-order chi connectivity index (χ1) is 13.2. The van der Waals surface area contributed by atoms with Gasteiger partial charge >= 0.3 is 0 Å². The van der Waals surface area contributed by atoms with Crippen LogP contribution in [0.4, 0.5) is 0 Å². The monoisotopic (exact) mass is 366 g/mol. The van der Waals surface area contributed by atoms with Gasteiger partial charge in [-0.15, -0.1) is 0 Å². The van der Waals surface area contributed by atoms with Gasteiger partial charge in [-0.1, -0.05) is 6.07 Å². The molecule has 4 rings (SSSR count). The number of amides is 2. The number of carbonyl (C=O) groups is 2. The first-order valence-electron chi connectivity index (χ1n) is 9.26. The molecule has 0 saturated carbocycles. The summed E-state index contributed by atoms with van der Waals surface area (Å²) in [4.78, 5) is 37.9. The van der Waals surface area contributed by atoms with Crippen LogP contribution in [0.5, 0.6) is 0 Å². The summed E-state index contributed by atoms with van der Waals surface area (Å²) in [6, 6.07) is 8.96. The van der Waals surface area contributed by atoms with Crippen molar-refractivity contribution in [3.8, 4) is 0 Å². The van der Waals surface area contributed by atoms with E-state index in [0.717, 1.165) is 12.1 Å². The molecule has 0 unspecified atom stereocenters. The van der Waals surface area contributed by atoms with Crippen LogP contribution in [0.25, 0.3) is 0 Å². The molecule has 0 aliphatic carbocycles. The average molecular weight is 366 g/mol. The van der Waals surface area contributed by atoms with E-state index in [0.29, 0.717) is 50.7 Å². The molecule has 2 aliphatic rings. The number of hydrogen-bond acceptors (Lipinski definition) is 5. The zero-order valence-electron chi connectivity index (χ0n) is 15.1. The number of carbonyl (C=O) groups excluding carboxylic acids is 2. The number of aromatic nitrogens is 2. The predicted molar refractivity (Wildman–Crippen MR) is 98.5 cm³/mol. The standard InChI is InChI=1S/C20H22N4O3/c25-19(23-10-12-27-13-11-23)16-4-3-8-22-18(16)15-6-9-24(14-15)20(26)17-5-1-2-7-21-17/h1-5,7-8,15H,6,9-14H2/t15-/m1/s1. The van der Waals surface area contributed by atoms with Crippen LogP contribution in [-0.4, -0.2) is 71.0 Å². The lowest BCUT2D eigenvalue weighted by atomic mass is 9.98. The summed E-state index contributed by atoms with van der Waals surface area (Å²) < 4.78 is 5.34. The lowest BCUT2D eigenvalue weighted by Crippen LogP contribution is -2.41. The van der Waals surface area contributed by atoms with Gasteiger partial charge in [-0.05, 0) is 30.7 Å². The molecule has 2 aromatic heterocycles. The summed E-state index contributed by atoms with van der Waals surface area (Å²) in [6.45, 7) is 3.52. The molecule has 2 aliphatic heterocycles. The Labute approximate surface area is 158 Å². The fraction of sp³-hybridized carbons (Fsp3) is 0.400. The summed E-state index contributed by atoms with van der Waals surface area (Å²) in [6.07, 6.45) is 4.13. The van der Waals surface area contributed by atoms with Gasteiger partial charge in [0.15, 0.2) is 0 Å². The van der Waals surface area contributed by atoms with Crippen LogP contribution in [0.15, 0.2) is 42.7 Å². The molecule has 2 fully saturated rings. The Balaban J connectivity index is 1.51. The van der Waals surface area contributed by atoms with Gasteiger partial charge in [-0.2, -0.15) is 0 Å². The van der Waals surface area contributed by atoms with E-state index in [9.17, 15) is 9.59 Å². The van der Waals surface area contributed by atoms with Gasteiger partial charge in [0.05, 0.1) is 24.5 Å². The Bertz CT molecular complexity index is 821. The summed E-state index contributed by atoms with van der Waals surface area (Å²) in [5.74, 6) is -0.0233. The van der Waals surface area contributed by atoms with Crippen LogP contribution in [0.2, 0.25) is 0 Å². The largest absolute Gasteiger partial charge is 0.378 e. The van der Waals surface area contributed by atoms with Gasteiger partial charge in [0.25, 0.3) is 11.8 Å². The average Bonchev–Trinajstić information content (AvgIpc) is 3.24. The molecule has 2 aromatic rings. The molecule has 0 aromatic carbocycles. The number of morpholine rings is 1. The number of rotatable bonds is 3. The quantitative estimate of drug-likeness (QED) is 0.824. The highest BCUT2D eigenvalue weighted by Crippen LogP contribution is 2.29. The van der Waals surface area contributed by atoms with E-state index >= 15 is 0 Å². The maximum atomic E-state index is 13.0. The van der Waals surface area contributed by atoms with E-state index in [2.05, 4.69) is 9.97 Å². The van der Waals surface area contributed by atoms with Crippen LogP contribution in [-0.2, 0) is 4.74 Å². The highest BCUT2D eigenvalue weighted by atomic mass is 16.5. The van der Waals surface area contributed by atoms with Crippen LogP contribution in [0.3, 0.4) is 0 Å². The highest BCUT2D eigenvalue weighted by molar-refractivity contribution is 5.96. The molecule has 4 heterocycles. The van der Waals surface area contributed by atoms with Gasteiger partial charge in [-0.25, -0.2) is 0 Å². The normalized spacial score (nSPS) is 19.9. The number of likely N-dealkylation sites (tertiary alicyclic amines) is 1. The molecule has 2 saturated heterocycles. The van der Waals surface area contributed by atoms with Gasteiger partial charge in [0, 0.05) is 44.5 Å². The Hall–Kier alpha value is -2.80. The lowest BCUT2D eigenvalue weighted by molar-refractivity contribution is 0.0301. The van der Waals surface area contributed by atoms with E-state index in [-0.39, 0.29) is 17.7 Å². The number of pyridine rings is 2. The fourth-order valence-corrected chi connectivity index (χ4v) is 3.68. The van der Waals surface area contributed by atoms with Gasteiger partial charge in [0.1, 0.15) is 5.69 Å². The second kappa shape index (κ2) is 7.84. The topological polar surface area (TPSA) is 75.6 Å². The number of hydrogen-bond donors (Lipinski definition) is 0. The van der Waals surface area contributed by atoms with E-state index in [4.69, 9.17) is 4.74 Å². The van der Waals surface area contributed by atoms with Crippen molar-refractivity contribution < 1.29 is 14.3 Å². The van der Waals surface area contributed by atoms with E-state index < -0.39 is 0 Å². The van der Waals surface area contributed by atoms with Crippen LogP contribution in [0.1, 0.15) is 38.9 Å². The molecule has 0 bridgehead atoms. The smallest absolute Gasteiger partial charge is 0.272 e. The third kappa shape index (κ3) is 3.68. The molecule has 140 valence electrons. The van der Waals surface area contributed by atoms with Crippen LogP contribution >= 0.6 is 0 Å². The van der Waals surface area contributed by atoms with Gasteiger partial charge in [-0.3, -0.25) is 19.6 Å². The maximum absolute atomic E-state index is 13.0. The molecule has 0 radical (unpaired) electrons. The Morgan fingerprint density at radius 3 is 2.52 bits per heavy atom. The minimum atomic E-state index is -0.0740. The van der Waals surface area contributed by atoms with Crippen molar-refractivity contribution in [2.45, 2.75) is 12.3 Å². The third-order valence-electron chi connectivity index (χ3n) is 5.11. The minimum absolute atomic E-state index is 0.00379. The molecule has 0 N–H and O–H groups in total. The van der Waals surface area contributed by atoms with Crippen molar-refractivity contribution >= 4 is 11.8 Å². The van der Waals surface area contributed by atoms with Crippen molar-refractivity contribution in [1.82, 2.24) is 19.8 Å². The van der Waals surface area contributed by atoms with Crippen LogP contribution < -0.4 is 0 Å². The molecule has 1 atom stereocenters. The Morgan fingerprint density at radius 2 is 1.74 bits per heavy atom. The zero-order valence-corrected chi connectivity index (χ0v) is 15.1. The third-order valence-corrected chi connectivity index (χ3v) is 5.11. The highest BCUT2D eigenvalue weighted by Gasteiger charge is 2.32. The zero-order chi connectivity index (χ0) is 18.6. The minimum Gasteiger partial charge on any atom is -0.378 e. The molecule has 2 amide bonds. The summed E-state index contributed by atoms with van der Waals surface area (Å²) in [5, 5.41) is 0. The molecule has 0 spiro atoms.